The Kier molecular flexibility index (Phi) is 3.23. The molecule has 6 heteroatoms. The maximum atomic E-state index is 13.0. The van der Waals surface area contributed by atoms with E-state index in [0.717, 1.165) is 16.6 Å². The van der Waals surface area contributed by atoms with Crippen LogP contribution in [0.4, 0.5) is 4.39 Å². The molecular weight excluding hydrogens is 309 g/mol. The highest BCUT2D eigenvalue weighted by Crippen LogP contribution is 2.28. The molecule has 4 aromatic rings. The van der Waals surface area contributed by atoms with Crippen molar-refractivity contribution in [3.05, 3.63) is 65.7 Å². The minimum atomic E-state index is -0.308. The third-order valence-corrected chi connectivity index (χ3v) is 3.79. The number of nitrogens with zero attached hydrogens (tertiary/aromatic N) is 3. The summed E-state index contributed by atoms with van der Waals surface area (Å²) in [7, 11) is 0. The molecule has 0 aliphatic carbocycles. The molecule has 0 bridgehead atoms. The quantitative estimate of drug-likeness (QED) is 0.536. The van der Waals surface area contributed by atoms with Crippen LogP contribution in [0, 0.1) is 12.7 Å². The third-order valence-electron chi connectivity index (χ3n) is 3.79. The van der Waals surface area contributed by atoms with Gasteiger partial charge in [0.1, 0.15) is 22.6 Å². The first kappa shape index (κ1) is 14.3. The van der Waals surface area contributed by atoms with E-state index in [4.69, 9.17) is 4.42 Å². The van der Waals surface area contributed by atoms with E-state index in [9.17, 15) is 9.18 Å². The minimum Gasteiger partial charge on any atom is -0.453 e. The van der Waals surface area contributed by atoms with Crippen molar-refractivity contribution in [2.24, 2.45) is 0 Å². The molecule has 0 saturated heterocycles. The first-order valence-electron chi connectivity index (χ1n) is 7.33. The first-order valence-corrected chi connectivity index (χ1v) is 7.33. The van der Waals surface area contributed by atoms with Crippen molar-refractivity contribution in [2.75, 3.05) is 0 Å². The lowest BCUT2D eigenvalue weighted by Crippen LogP contribution is -1.97. The lowest BCUT2D eigenvalue weighted by atomic mass is 10.1. The molecule has 0 unspecified atom stereocenters. The van der Waals surface area contributed by atoms with Gasteiger partial charge >= 0.3 is 0 Å². The van der Waals surface area contributed by atoms with Gasteiger partial charge in [-0.2, -0.15) is 4.80 Å². The number of hydrogen-bond acceptors (Lipinski definition) is 4. The Bertz CT molecular complexity index is 1050. The van der Waals surface area contributed by atoms with Crippen LogP contribution in [0.5, 0.6) is 0 Å². The normalized spacial score (nSPS) is 11.1. The monoisotopic (exact) mass is 321 g/mol. The molecule has 0 spiro atoms. The van der Waals surface area contributed by atoms with Gasteiger partial charge in [-0.05, 0) is 61.0 Å². The topological polar surface area (TPSA) is 60.9 Å². The number of hydrogen-bond donors (Lipinski definition) is 0. The predicted molar refractivity (Wildman–Crippen MR) is 86.6 cm³/mol. The standard InChI is InChI=1S/C18H12FN3O2/c1-11-8-16-17(9-15(11)18-7-6-14(10-23)24-18)21-22(20-16)13-4-2-12(19)3-5-13/h2-10H,1H3. The van der Waals surface area contributed by atoms with Crippen molar-refractivity contribution in [3.63, 3.8) is 0 Å². The SMILES string of the molecule is Cc1cc2nn(-c3ccc(F)cc3)nc2cc1-c1ccc(C=O)o1. The molecule has 2 aromatic heterocycles. The van der Waals surface area contributed by atoms with E-state index in [1.165, 1.54) is 16.9 Å². The van der Waals surface area contributed by atoms with Crippen LogP contribution in [0.1, 0.15) is 16.1 Å². The average Bonchev–Trinajstić information content (AvgIpc) is 3.20. The number of furan rings is 1. The van der Waals surface area contributed by atoms with Crippen molar-refractivity contribution in [1.82, 2.24) is 15.0 Å². The summed E-state index contributed by atoms with van der Waals surface area (Å²) in [6, 6.07) is 13.1. The summed E-state index contributed by atoms with van der Waals surface area (Å²) < 4.78 is 18.5. The number of halogens is 1. The number of carbonyl (C=O) groups excluding carboxylic acids is 1. The Morgan fingerprint density at radius 3 is 2.42 bits per heavy atom. The van der Waals surface area contributed by atoms with E-state index in [1.54, 1.807) is 24.3 Å². The summed E-state index contributed by atoms with van der Waals surface area (Å²) in [4.78, 5) is 12.3. The Hall–Kier alpha value is -3.28. The number of aryl methyl sites for hydroxylation is 1. The molecule has 0 atom stereocenters. The smallest absolute Gasteiger partial charge is 0.185 e. The van der Waals surface area contributed by atoms with Crippen LogP contribution in [-0.4, -0.2) is 21.3 Å². The zero-order valence-corrected chi connectivity index (χ0v) is 12.7. The van der Waals surface area contributed by atoms with E-state index in [1.807, 2.05) is 19.1 Å². The third kappa shape index (κ3) is 2.38. The molecule has 2 aromatic carbocycles. The molecular formula is C18H12FN3O2. The Labute approximate surface area is 136 Å². The second kappa shape index (κ2) is 5.42. The first-order chi connectivity index (χ1) is 11.6. The largest absolute Gasteiger partial charge is 0.453 e. The number of aromatic nitrogens is 3. The number of carbonyl (C=O) groups is 1. The van der Waals surface area contributed by atoms with Crippen molar-refractivity contribution in [3.8, 4) is 17.0 Å². The van der Waals surface area contributed by atoms with Gasteiger partial charge in [-0.3, -0.25) is 4.79 Å². The number of fused-ring (bicyclic) bond motifs is 1. The fourth-order valence-electron chi connectivity index (χ4n) is 2.58. The van der Waals surface area contributed by atoms with E-state index >= 15 is 0 Å². The van der Waals surface area contributed by atoms with Gasteiger partial charge in [0.25, 0.3) is 0 Å². The van der Waals surface area contributed by atoms with Crippen molar-refractivity contribution in [2.45, 2.75) is 6.92 Å². The summed E-state index contributed by atoms with van der Waals surface area (Å²) in [5.41, 5.74) is 3.89. The van der Waals surface area contributed by atoms with E-state index in [-0.39, 0.29) is 11.6 Å². The highest BCUT2D eigenvalue weighted by atomic mass is 19.1. The van der Waals surface area contributed by atoms with Crippen molar-refractivity contribution in [1.29, 1.82) is 0 Å². The molecule has 0 aliphatic heterocycles. The highest BCUT2D eigenvalue weighted by molar-refractivity contribution is 5.83. The van der Waals surface area contributed by atoms with Crippen LogP contribution in [0.15, 0.2) is 52.9 Å². The Morgan fingerprint density at radius 1 is 1.04 bits per heavy atom. The van der Waals surface area contributed by atoms with Gasteiger partial charge in [-0.15, -0.1) is 10.2 Å². The molecule has 118 valence electrons. The van der Waals surface area contributed by atoms with Gasteiger partial charge in [0, 0.05) is 5.56 Å². The van der Waals surface area contributed by atoms with Crippen LogP contribution in [0.25, 0.3) is 28.0 Å². The fourth-order valence-corrected chi connectivity index (χ4v) is 2.58. The second-order valence-corrected chi connectivity index (χ2v) is 5.44. The number of aldehydes is 1. The summed E-state index contributed by atoms with van der Waals surface area (Å²) >= 11 is 0. The number of benzene rings is 2. The average molecular weight is 321 g/mol. The molecule has 2 heterocycles. The van der Waals surface area contributed by atoms with Crippen LogP contribution in [0.2, 0.25) is 0 Å². The van der Waals surface area contributed by atoms with Gasteiger partial charge in [-0.25, -0.2) is 4.39 Å². The zero-order valence-electron chi connectivity index (χ0n) is 12.7. The second-order valence-electron chi connectivity index (χ2n) is 5.44. The lowest BCUT2D eigenvalue weighted by Gasteiger charge is -2.01. The van der Waals surface area contributed by atoms with Crippen molar-refractivity contribution < 1.29 is 13.6 Å². The van der Waals surface area contributed by atoms with Gasteiger partial charge in [-0.1, -0.05) is 0 Å². The summed E-state index contributed by atoms with van der Waals surface area (Å²) in [5.74, 6) is 0.574. The maximum Gasteiger partial charge on any atom is 0.185 e. The summed E-state index contributed by atoms with van der Waals surface area (Å²) in [6.07, 6.45) is 0.669. The molecule has 4 rings (SSSR count). The maximum absolute atomic E-state index is 13.0. The molecule has 0 amide bonds. The summed E-state index contributed by atoms with van der Waals surface area (Å²) in [6.45, 7) is 1.94. The summed E-state index contributed by atoms with van der Waals surface area (Å²) in [5, 5.41) is 8.86. The van der Waals surface area contributed by atoms with Crippen molar-refractivity contribution >= 4 is 17.3 Å². The zero-order chi connectivity index (χ0) is 16.7. The van der Waals surface area contributed by atoms with Gasteiger partial charge in [0.05, 0.1) is 5.69 Å². The van der Waals surface area contributed by atoms with Crippen LogP contribution < -0.4 is 0 Å². The lowest BCUT2D eigenvalue weighted by molar-refractivity contribution is 0.110. The number of rotatable bonds is 3. The van der Waals surface area contributed by atoms with Crippen LogP contribution in [-0.2, 0) is 0 Å². The molecule has 0 aliphatic rings. The predicted octanol–water partition coefficient (Wildman–Crippen LogP) is 3.94. The van der Waals surface area contributed by atoms with Gasteiger partial charge in [0.15, 0.2) is 12.0 Å². The molecule has 24 heavy (non-hydrogen) atoms. The van der Waals surface area contributed by atoms with Gasteiger partial charge in [0.2, 0.25) is 0 Å². The Morgan fingerprint density at radius 2 is 1.75 bits per heavy atom. The van der Waals surface area contributed by atoms with E-state index in [0.29, 0.717) is 23.3 Å². The minimum absolute atomic E-state index is 0.277. The molecule has 0 saturated carbocycles. The van der Waals surface area contributed by atoms with Gasteiger partial charge < -0.3 is 4.42 Å². The van der Waals surface area contributed by atoms with E-state index in [2.05, 4.69) is 10.2 Å². The molecule has 0 fully saturated rings. The van der Waals surface area contributed by atoms with Crippen LogP contribution >= 0.6 is 0 Å². The molecule has 5 nitrogen and oxygen atoms in total. The highest BCUT2D eigenvalue weighted by Gasteiger charge is 2.12. The molecule has 0 N–H and O–H groups in total. The fraction of sp³-hybridized carbons (Fsp3) is 0.0556. The molecule has 0 radical (unpaired) electrons. The van der Waals surface area contributed by atoms with Crippen LogP contribution in [0.3, 0.4) is 0 Å². The Balaban J connectivity index is 1.82. The van der Waals surface area contributed by atoms with E-state index < -0.39 is 0 Å².